The molecule has 0 radical (unpaired) electrons. The van der Waals surface area contributed by atoms with Gasteiger partial charge in [-0.25, -0.2) is 0 Å². The second kappa shape index (κ2) is 4.68. The van der Waals surface area contributed by atoms with Gasteiger partial charge in [-0.15, -0.1) is 0 Å². The lowest BCUT2D eigenvalue weighted by molar-refractivity contribution is 0.434. The highest BCUT2D eigenvalue weighted by molar-refractivity contribution is 14.1. The van der Waals surface area contributed by atoms with Crippen molar-refractivity contribution in [3.8, 4) is 11.3 Å². The van der Waals surface area contributed by atoms with Gasteiger partial charge < -0.3 is 10.3 Å². The number of nitrogens with two attached hydrogens (primary N) is 1. The summed E-state index contributed by atoms with van der Waals surface area (Å²) in [4.78, 5) is 0. The van der Waals surface area contributed by atoms with E-state index < -0.39 is 0 Å². The molecule has 2 aromatic rings. The Morgan fingerprint density at radius 3 is 2.71 bits per heavy atom. The second-order valence-corrected chi connectivity index (χ2v) is 5.48. The van der Waals surface area contributed by atoms with E-state index in [0.29, 0.717) is 11.7 Å². The second-order valence-electron chi connectivity index (χ2n) is 4.40. The minimum Gasteiger partial charge on any atom is -0.381 e. The number of nitrogen functional groups attached to an aromatic ring is 1. The van der Waals surface area contributed by atoms with Gasteiger partial charge >= 0.3 is 0 Å². The minimum atomic E-state index is 0.299. The molecule has 0 saturated heterocycles. The van der Waals surface area contributed by atoms with Crippen LogP contribution < -0.4 is 5.73 Å². The fourth-order valence-corrected chi connectivity index (χ4v) is 2.49. The van der Waals surface area contributed by atoms with Crippen LogP contribution in [0.4, 0.5) is 5.82 Å². The molecule has 0 aliphatic carbocycles. The van der Waals surface area contributed by atoms with E-state index in [1.54, 1.807) is 0 Å². The Kier molecular flexibility index (Phi) is 3.42. The third-order valence-electron chi connectivity index (χ3n) is 2.77. The molecule has 2 rings (SSSR count). The predicted octanol–water partition coefficient (Wildman–Crippen LogP) is 3.96. The number of benzene rings is 1. The van der Waals surface area contributed by atoms with Gasteiger partial charge in [-0.1, -0.05) is 37.2 Å². The molecule has 3 nitrogen and oxygen atoms in total. The van der Waals surface area contributed by atoms with E-state index in [0.717, 1.165) is 16.9 Å². The number of hydrogen-bond acceptors (Lipinski definition) is 3. The van der Waals surface area contributed by atoms with E-state index >= 15 is 0 Å². The van der Waals surface area contributed by atoms with E-state index in [-0.39, 0.29) is 0 Å². The summed E-state index contributed by atoms with van der Waals surface area (Å²) in [7, 11) is 0. The molecule has 4 heteroatoms. The molecule has 0 unspecified atom stereocenters. The summed E-state index contributed by atoms with van der Waals surface area (Å²) in [6, 6.07) is 6.15. The van der Waals surface area contributed by atoms with Gasteiger partial charge in [0.2, 0.25) is 0 Å². The summed E-state index contributed by atoms with van der Waals surface area (Å²) in [5.74, 6) is 1.59. The number of hydrogen-bond donors (Lipinski definition) is 1. The average molecular weight is 342 g/mol. The smallest absolute Gasteiger partial charge is 0.173 e. The largest absolute Gasteiger partial charge is 0.381 e. The highest BCUT2D eigenvalue weighted by Gasteiger charge is 2.20. The normalized spacial score (nSPS) is 11.1. The summed E-state index contributed by atoms with van der Waals surface area (Å²) in [6.07, 6.45) is 0. The van der Waals surface area contributed by atoms with Gasteiger partial charge in [-0.05, 0) is 41.0 Å². The lowest BCUT2D eigenvalue weighted by Gasteiger charge is -2.08. The zero-order chi connectivity index (χ0) is 12.6. The highest BCUT2D eigenvalue weighted by Crippen LogP contribution is 2.36. The summed E-state index contributed by atoms with van der Waals surface area (Å²) in [5.41, 5.74) is 9.15. The van der Waals surface area contributed by atoms with Crippen LogP contribution in [-0.2, 0) is 0 Å². The van der Waals surface area contributed by atoms with Gasteiger partial charge in [-0.3, -0.25) is 0 Å². The molecule has 0 saturated carbocycles. The summed E-state index contributed by atoms with van der Waals surface area (Å²) >= 11 is 2.33. The van der Waals surface area contributed by atoms with Crippen molar-refractivity contribution in [2.24, 2.45) is 0 Å². The Morgan fingerprint density at radius 2 is 2.06 bits per heavy atom. The first-order valence-corrected chi connectivity index (χ1v) is 6.60. The lowest BCUT2D eigenvalue weighted by atomic mass is 9.98. The van der Waals surface area contributed by atoms with Crippen LogP contribution in [0.5, 0.6) is 0 Å². The zero-order valence-corrected chi connectivity index (χ0v) is 12.3. The van der Waals surface area contributed by atoms with Crippen molar-refractivity contribution >= 4 is 28.4 Å². The lowest BCUT2D eigenvalue weighted by Crippen LogP contribution is -1.96. The molecule has 2 N–H and O–H groups in total. The van der Waals surface area contributed by atoms with Crippen molar-refractivity contribution in [3.05, 3.63) is 32.9 Å². The molecule has 0 fully saturated rings. The van der Waals surface area contributed by atoms with E-state index in [4.69, 9.17) is 10.3 Å². The molecule has 0 aliphatic rings. The molecule has 1 heterocycles. The van der Waals surface area contributed by atoms with Crippen LogP contribution in [0.3, 0.4) is 0 Å². The minimum absolute atomic E-state index is 0.299. The third kappa shape index (κ3) is 2.18. The Labute approximate surface area is 115 Å². The molecule has 0 bridgehead atoms. The summed E-state index contributed by atoms with van der Waals surface area (Å²) in [6.45, 7) is 6.27. The topological polar surface area (TPSA) is 52.0 Å². The first-order valence-electron chi connectivity index (χ1n) is 5.53. The number of halogens is 1. The van der Waals surface area contributed by atoms with Crippen LogP contribution >= 0.6 is 22.6 Å². The maximum Gasteiger partial charge on any atom is 0.173 e. The molecule has 0 aliphatic heterocycles. The Balaban J connectivity index is 2.65. The van der Waals surface area contributed by atoms with Gasteiger partial charge in [0.25, 0.3) is 0 Å². The first-order chi connectivity index (χ1) is 8.02. The zero-order valence-electron chi connectivity index (χ0n) is 10.1. The number of nitrogens with zero attached hydrogens (tertiary/aromatic N) is 1. The fourth-order valence-electron chi connectivity index (χ4n) is 1.88. The quantitative estimate of drug-likeness (QED) is 0.841. The Bertz CT molecular complexity index is 546. The fraction of sp³-hybridized carbons (Fsp3) is 0.308. The van der Waals surface area contributed by atoms with Gasteiger partial charge in [0.15, 0.2) is 11.6 Å². The maximum absolute atomic E-state index is 5.86. The molecule has 90 valence electrons. The van der Waals surface area contributed by atoms with Gasteiger partial charge in [0.05, 0.1) is 0 Å². The number of aromatic nitrogens is 1. The van der Waals surface area contributed by atoms with Crippen molar-refractivity contribution in [2.75, 3.05) is 5.73 Å². The monoisotopic (exact) mass is 342 g/mol. The van der Waals surface area contributed by atoms with Crippen LogP contribution in [0.15, 0.2) is 22.7 Å². The molecule has 17 heavy (non-hydrogen) atoms. The van der Waals surface area contributed by atoms with E-state index in [1.165, 1.54) is 9.13 Å². The Morgan fingerprint density at radius 1 is 1.35 bits per heavy atom. The molecule has 1 aromatic heterocycles. The molecule has 0 spiro atoms. The van der Waals surface area contributed by atoms with Crippen LogP contribution in [0.2, 0.25) is 0 Å². The first kappa shape index (κ1) is 12.4. The molecular formula is C13H15IN2O. The summed E-state index contributed by atoms with van der Waals surface area (Å²) in [5, 5.41) is 3.88. The van der Waals surface area contributed by atoms with Gasteiger partial charge in [0, 0.05) is 14.7 Å². The van der Waals surface area contributed by atoms with Gasteiger partial charge in [-0.2, -0.15) is 0 Å². The molecular weight excluding hydrogens is 327 g/mol. The van der Waals surface area contributed by atoms with Crippen molar-refractivity contribution in [2.45, 2.75) is 26.7 Å². The van der Waals surface area contributed by atoms with Crippen molar-refractivity contribution in [3.63, 3.8) is 0 Å². The van der Waals surface area contributed by atoms with E-state index in [2.05, 4.69) is 54.6 Å². The van der Waals surface area contributed by atoms with Gasteiger partial charge in [0.1, 0.15) is 0 Å². The number of rotatable bonds is 2. The highest BCUT2D eigenvalue weighted by atomic mass is 127. The number of aryl methyl sites for hydroxylation is 1. The van der Waals surface area contributed by atoms with E-state index in [9.17, 15) is 0 Å². The molecule has 1 aromatic carbocycles. The standard InChI is InChI=1S/C13H15IN2O/c1-7(2)10-12(17-16-13(10)15)9-6-4-5-8(3)11(9)14/h4-7H,1-3H3,(H2,15,16). The van der Waals surface area contributed by atoms with Crippen molar-refractivity contribution < 1.29 is 4.52 Å². The molecule has 0 atom stereocenters. The summed E-state index contributed by atoms with van der Waals surface area (Å²) < 4.78 is 6.58. The van der Waals surface area contributed by atoms with E-state index in [1.807, 2.05) is 12.1 Å². The molecule has 0 amide bonds. The third-order valence-corrected chi connectivity index (χ3v) is 4.20. The van der Waals surface area contributed by atoms with Crippen LogP contribution in [0, 0.1) is 10.5 Å². The van der Waals surface area contributed by atoms with Crippen molar-refractivity contribution in [1.82, 2.24) is 5.16 Å². The maximum atomic E-state index is 5.86. The van der Waals surface area contributed by atoms with Crippen LogP contribution in [-0.4, -0.2) is 5.16 Å². The van der Waals surface area contributed by atoms with Crippen LogP contribution in [0.1, 0.15) is 30.9 Å². The SMILES string of the molecule is Cc1cccc(-c2onc(N)c2C(C)C)c1I. The number of anilines is 1. The van der Waals surface area contributed by atoms with Crippen LogP contribution in [0.25, 0.3) is 11.3 Å². The Hall–Kier alpha value is -1.04. The average Bonchev–Trinajstić information content (AvgIpc) is 2.64. The predicted molar refractivity (Wildman–Crippen MR) is 77.9 cm³/mol. The van der Waals surface area contributed by atoms with Crippen molar-refractivity contribution in [1.29, 1.82) is 0 Å².